The van der Waals surface area contributed by atoms with Crippen molar-refractivity contribution in [1.29, 1.82) is 0 Å². The number of rotatable bonds is 7. The van der Waals surface area contributed by atoms with Crippen LogP contribution >= 0.6 is 0 Å². The summed E-state index contributed by atoms with van der Waals surface area (Å²) in [7, 11) is 1.57. The van der Waals surface area contributed by atoms with E-state index in [1.54, 1.807) is 36.3 Å². The molecule has 0 atom stereocenters. The average Bonchev–Trinajstić information content (AvgIpc) is 3.13. The highest BCUT2D eigenvalue weighted by atomic mass is 16.5. The molecule has 8 heteroatoms. The molecule has 130 valence electrons. The van der Waals surface area contributed by atoms with Crippen molar-refractivity contribution in [3.05, 3.63) is 58.8 Å². The molecule has 0 radical (unpaired) electrons. The maximum Gasteiger partial charge on any atom is 0.274 e. The van der Waals surface area contributed by atoms with Crippen LogP contribution in [0.2, 0.25) is 0 Å². The van der Waals surface area contributed by atoms with Crippen molar-refractivity contribution in [2.45, 2.75) is 19.6 Å². The number of carbonyl (C=O) groups is 1. The predicted octanol–water partition coefficient (Wildman–Crippen LogP) is 0.556. The van der Waals surface area contributed by atoms with Crippen molar-refractivity contribution in [3.63, 3.8) is 0 Å². The SMILES string of the molecule is COCCn1nc(CNC(=O)Cn2cccn2)c2ccccc2c1=O. The van der Waals surface area contributed by atoms with Crippen molar-refractivity contribution >= 4 is 16.7 Å². The number of amides is 1. The van der Waals surface area contributed by atoms with Crippen LogP contribution in [-0.2, 0) is 29.2 Å². The number of nitrogens with one attached hydrogen (secondary N) is 1. The van der Waals surface area contributed by atoms with Crippen molar-refractivity contribution in [3.8, 4) is 0 Å². The first kappa shape index (κ1) is 16.8. The van der Waals surface area contributed by atoms with Gasteiger partial charge in [-0.1, -0.05) is 18.2 Å². The molecule has 1 amide bonds. The molecule has 25 heavy (non-hydrogen) atoms. The number of fused-ring (bicyclic) bond motifs is 1. The Morgan fingerprint density at radius 1 is 1.24 bits per heavy atom. The molecular formula is C17H19N5O3. The lowest BCUT2D eigenvalue weighted by Gasteiger charge is -2.11. The number of hydrogen-bond acceptors (Lipinski definition) is 5. The van der Waals surface area contributed by atoms with E-state index in [9.17, 15) is 9.59 Å². The largest absolute Gasteiger partial charge is 0.383 e. The minimum absolute atomic E-state index is 0.133. The molecule has 1 aromatic carbocycles. The highest BCUT2D eigenvalue weighted by Crippen LogP contribution is 2.13. The third kappa shape index (κ3) is 3.92. The lowest BCUT2D eigenvalue weighted by molar-refractivity contribution is -0.122. The van der Waals surface area contributed by atoms with E-state index in [0.717, 1.165) is 5.39 Å². The summed E-state index contributed by atoms with van der Waals surface area (Å²) in [5.41, 5.74) is 0.472. The Kier molecular flexibility index (Phi) is 5.20. The summed E-state index contributed by atoms with van der Waals surface area (Å²) < 4.78 is 7.95. The molecule has 3 aromatic rings. The fourth-order valence-corrected chi connectivity index (χ4v) is 2.54. The first-order chi connectivity index (χ1) is 12.2. The van der Waals surface area contributed by atoms with Gasteiger partial charge in [-0.3, -0.25) is 14.3 Å². The summed E-state index contributed by atoms with van der Waals surface area (Å²) in [6, 6.07) is 9.01. The van der Waals surface area contributed by atoms with Crippen LogP contribution in [0, 0.1) is 0 Å². The molecule has 2 aromatic heterocycles. The fourth-order valence-electron chi connectivity index (χ4n) is 2.54. The summed E-state index contributed by atoms with van der Waals surface area (Å²) in [5, 5.41) is 12.5. The Hall–Kier alpha value is -3.00. The number of nitrogens with zero attached hydrogens (tertiary/aromatic N) is 4. The maximum atomic E-state index is 12.5. The summed E-state index contributed by atoms with van der Waals surface area (Å²) >= 11 is 0. The Balaban J connectivity index is 1.83. The van der Waals surface area contributed by atoms with Gasteiger partial charge in [0.25, 0.3) is 5.56 Å². The van der Waals surface area contributed by atoms with Crippen molar-refractivity contribution < 1.29 is 9.53 Å². The molecular weight excluding hydrogens is 322 g/mol. The first-order valence-corrected chi connectivity index (χ1v) is 7.91. The highest BCUT2D eigenvalue weighted by molar-refractivity contribution is 5.84. The van der Waals surface area contributed by atoms with Crippen molar-refractivity contribution in [2.24, 2.45) is 0 Å². The number of methoxy groups -OCH3 is 1. The summed E-state index contributed by atoms with van der Waals surface area (Å²) in [4.78, 5) is 24.5. The molecule has 0 fully saturated rings. The van der Waals surface area contributed by atoms with Gasteiger partial charge in [-0.25, -0.2) is 4.68 Å². The van der Waals surface area contributed by atoms with E-state index < -0.39 is 0 Å². The van der Waals surface area contributed by atoms with E-state index in [4.69, 9.17) is 4.74 Å². The van der Waals surface area contributed by atoms with Crippen LogP contribution in [0.3, 0.4) is 0 Å². The molecule has 0 aliphatic rings. The maximum absolute atomic E-state index is 12.5. The zero-order chi connectivity index (χ0) is 17.6. The van der Waals surface area contributed by atoms with E-state index in [1.165, 1.54) is 4.68 Å². The van der Waals surface area contributed by atoms with Gasteiger partial charge in [0, 0.05) is 24.9 Å². The molecule has 3 rings (SSSR count). The van der Waals surface area contributed by atoms with E-state index in [1.807, 2.05) is 18.2 Å². The molecule has 0 saturated heterocycles. The number of hydrogen-bond donors (Lipinski definition) is 1. The number of ether oxygens (including phenoxy) is 1. The Morgan fingerprint density at radius 2 is 2.04 bits per heavy atom. The first-order valence-electron chi connectivity index (χ1n) is 7.91. The van der Waals surface area contributed by atoms with E-state index in [0.29, 0.717) is 24.2 Å². The number of carbonyl (C=O) groups excluding carboxylic acids is 1. The van der Waals surface area contributed by atoms with E-state index in [2.05, 4.69) is 15.5 Å². The number of aromatic nitrogens is 4. The Bertz CT molecular complexity index is 918. The van der Waals surface area contributed by atoms with Gasteiger partial charge in [0.1, 0.15) is 6.54 Å². The predicted molar refractivity (Wildman–Crippen MR) is 92.0 cm³/mol. The summed E-state index contributed by atoms with van der Waals surface area (Å²) in [6.45, 7) is 1.10. The van der Waals surface area contributed by atoms with Gasteiger partial charge in [-0.15, -0.1) is 0 Å². The van der Waals surface area contributed by atoms with Gasteiger partial charge in [0.15, 0.2) is 0 Å². The van der Waals surface area contributed by atoms with Gasteiger partial charge < -0.3 is 10.1 Å². The van der Waals surface area contributed by atoms with Gasteiger partial charge in [-0.2, -0.15) is 10.2 Å². The Morgan fingerprint density at radius 3 is 2.76 bits per heavy atom. The minimum Gasteiger partial charge on any atom is -0.383 e. The van der Waals surface area contributed by atoms with Crippen LogP contribution < -0.4 is 10.9 Å². The van der Waals surface area contributed by atoms with Crippen molar-refractivity contribution in [2.75, 3.05) is 13.7 Å². The average molecular weight is 341 g/mol. The molecule has 1 N–H and O–H groups in total. The molecule has 0 bridgehead atoms. The molecule has 0 unspecified atom stereocenters. The van der Waals surface area contributed by atoms with Crippen LogP contribution in [-0.4, -0.2) is 39.2 Å². The fraction of sp³-hybridized carbons (Fsp3) is 0.294. The third-order valence-corrected chi connectivity index (χ3v) is 3.77. The summed E-state index contributed by atoms with van der Waals surface area (Å²) in [5.74, 6) is -0.177. The monoisotopic (exact) mass is 341 g/mol. The zero-order valence-corrected chi connectivity index (χ0v) is 13.9. The van der Waals surface area contributed by atoms with Crippen molar-refractivity contribution in [1.82, 2.24) is 24.9 Å². The molecule has 0 spiro atoms. The standard InChI is InChI=1S/C17H19N5O3/c1-25-10-9-22-17(24)14-6-3-2-5-13(14)15(20-22)11-18-16(23)12-21-8-4-7-19-21/h2-8H,9-12H2,1H3,(H,18,23). The van der Waals surface area contributed by atoms with E-state index >= 15 is 0 Å². The molecule has 0 aliphatic carbocycles. The van der Waals surface area contributed by atoms with Crippen LogP contribution in [0.1, 0.15) is 5.69 Å². The molecule has 0 aliphatic heterocycles. The van der Waals surface area contributed by atoms with Crippen LogP contribution in [0.15, 0.2) is 47.5 Å². The molecule has 0 saturated carbocycles. The van der Waals surface area contributed by atoms with Crippen LogP contribution in [0.25, 0.3) is 10.8 Å². The lowest BCUT2D eigenvalue weighted by Crippen LogP contribution is -2.31. The Labute approximate surface area is 144 Å². The highest BCUT2D eigenvalue weighted by Gasteiger charge is 2.11. The third-order valence-electron chi connectivity index (χ3n) is 3.77. The topological polar surface area (TPSA) is 91.0 Å². The van der Waals surface area contributed by atoms with Gasteiger partial charge in [-0.05, 0) is 12.1 Å². The smallest absolute Gasteiger partial charge is 0.274 e. The van der Waals surface area contributed by atoms with Crippen LogP contribution in [0.4, 0.5) is 0 Å². The lowest BCUT2D eigenvalue weighted by atomic mass is 10.1. The second-order valence-electron chi connectivity index (χ2n) is 5.49. The van der Waals surface area contributed by atoms with Crippen LogP contribution in [0.5, 0.6) is 0 Å². The summed E-state index contributed by atoms with van der Waals surface area (Å²) in [6.07, 6.45) is 3.34. The van der Waals surface area contributed by atoms with E-state index in [-0.39, 0.29) is 24.6 Å². The minimum atomic E-state index is -0.177. The van der Waals surface area contributed by atoms with Gasteiger partial charge in [0.2, 0.25) is 5.91 Å². The van der Waals surface area contributed by atoms with Gasteiger partial charge >= 0.3 is 0 Å². The molecule has 2 heterocycles. The second-order valence-corrected chi connectivity index (χ2v) is 5.49. The normalized spacial score (nSPS) is 10.9. The quantitative estimate of drug-likeness (QED) is 0.678. The second kappa shape index (κ2) is 7.71. The van der Waals surface area contributed by atoms with Gasteiger partial charge in [0.05, 0.1) is 30.8 Å². The molecule has 8 nitrogen and oxygen atoms in total. The number of benzene rings is 1. The zero-order valence-electron chi connectivity index (χ0n) is 13.9.